The van der Waals surface area contributed by atoms with Crippen molar-refractivity contribution < 1.29 is 19.4 Å². The van der Waals surface area contributed by atoms with E-state index in [1.807, 2.05) is 0 Å². The highest BCUT2D eigenvalue weighted by Crippen LogP contribution is 2.70. The molecule has 0 spiro atoms. The second-order valence-electron chi connectivity index (χ2n) is 11.9. The van der Waals surface area contributed by atoms with E-state index in [0.717, 1.165) is 38.8 Å². The predicted molar refractivity (Wildman–Crippen MR) is 123 cm³/mol. The van der Waals surface area contributed by atoms with Crippen LogP contribution in [0.1, 0.15) is 71.3 Å². The number of carbonyl (C=O) groups is 2. The maximum atomic E-state index is 12.0. The van der Waals surface area contributed by atoms with E-state index in [1.54, 1.807) is 0 Å². The van der Waals surface area contributed by atoms with Crippen molar-refractivity contribution in [3.05, 3.63) is 35.9 Å². The maximum Gasteiger partial charge on any atom is 0.404 e. The van der Waals surface area contributed by atoms with Gasteiger partial charge < -0.3 is 20.9 Å². The molecular weight excluding hydrogens is 404 g/mol. The number of carbonyl (C=O) groups excluding carboxylic acids is 1. The maximum absolute atomic E-state index is 12.0. The molecule has 5 unspecified atom stereocenters. The highest BCUT2D eigenvalue weighted by molar-refractivity contribution is 5.76. The van der Waals surface area contributed by atoms with E-state index >= 15 is 0 Å². The summed E-state index contributed by atoms with van der Waals surface area (Å²) >= 11 is 0. The molecule has 0 aromatic heterocycles. The Hall–Kier alpha value is -2.08. The van der Waals surface area contributed by atoms with Gasteiger partial charge in [0.15, 0.2) is 0 Å². The third-order valence-corrected chi connectivity index (χ3v) is 8.48. The number of aliphatic carboxylic acids is 1. The van der Waals surface area contributed by atoms with Gasteiger partial charge in [0.25, 0.3) is 0 Å². The summed E-state index contributed by atoms with van der Waals surface area (Å²) in [4.78, 5) is 22.5. The highest BCUT2D eigenvalue weighted by Gasteiger charge is 2.64. The van der Waals surface area contributed by atoms with Gasteiger partial charge in [0, 0.05) is 12.0 Å². The van der Waals surface area contributed by atoms with Gasteiger partial charge in [0.2, 0.25) is 0 Å². The van der Waals surface area contributed by atoms with E-state index in [1.165, 1.54) is 24.8 Å². The first-order valence-corrected chi connectivity index (χ1v) is 11.9. The van der Waals surface area contributed by atoms with Crippen molar-refractivity contribution in [1.82, 2.24) is 5.32 Å². The first-order chi connectivity index (χ1) is 15.0. The van der Waals surface area contributed by atoms with E-state index in [-0.39, 0.29) is 22.3 Å². The molecule has 4 bridgehead atoms. The molecule has 4 aliphatic carbocycles. The van der Waals surface area contributed by atoms with Crippen LogP contribution in [0, 0.1) is 22.2 Å². The van der Waals surface area contributed by atoms with Crippen LogP contribution in [0.25, 0.3) is 0 Å². The minimum atomic E-state index is -0.671. The average Bonchev–Trinajstić information content (AvgIpc) is 2.69. The van der Waals surface area contributed by atoms with E-state index in [4.69, 9.17) is 10.5 Å². The molecule has 6 nitrogen and oxygen atoms in total. The molecule has 5 aliphatic rings. The van der Waals surface area contributed by atoms with Gasteiger partial charge in [0.1, 0.15) is 6.10 Å². The van der Waals surface area contributed by atoms with Crippen LogP contribution in [0.15, 0.2) is 30.3 Å². The van der Waals surface area contributed by atoms with Crippen molar-refractivity contribution in [3.63, 3.8) is 0 Å². The van der Waals surface area contributed by atoms with Gasteiger partial charge in [-0.15, -0.1) is 0 Å². The molecule has 176 valence electrons. The number of benzene rings is 1. The SMILES string of the molecule is CC1(C)CNCCC1OC(N)=O.CC12CC3CC(C(=O)O)(C1)CC(c1ccccc1)(C3)C2. The number of nitrogens with one attached hydrogen (secondary N) is 1. The Morgan fingerprint density at radius 3 is 2.38 bits per heavy atom. The Morgan fingerprint density at radius 2 is 1.78 bits per heavy atom. The van der Waals surface area contributed by atoms with Crippen molar-refractivity contribution in [2.45, 2.75) is 77.2 Å². The summed E-state index contributed by atoms with van der Waals surface area (Å²) in [6, 6.07) is 10.7. The first-order valence-electron chi connectivity index (χ1n) is 11.9. The van der Waals surface area contributed by atoms with Crippen LogP contribution in [0.4, 0.5) is 4.79 Å². The molecule has 32 heavy (non-hydrogen) atoms. The monoisotopic (exact) mass is 442 g/mol. The molecule has 0 radical (unpaired) electrons. The third-order valence-electron chi connectivity index (χ3n) is 8.48. The molecular formula is C26H38N2O4. The molecule has 4 saturated carbocycles. The summed E-state index contributed by atoms with van der Waals surface area (Å²) in [6.07, 6.45) is 6.38. The number of hydrogen-bond donors (Lipinski definition) is 3. The Bertz CT molecular complexity index is 872. The normalized spacial score (nSPS) is 39.0. The summed E-state index contributed by atoms with van der Waals surface area (Å²) in [6.45, 7) is 8.21. The fourth-order valence-electron chi connectivity index (χ4n) is 7.78. The Labute approximate surface area is 191 Å². The third kappa shape index (κ3) is 4.26. The molecule has 6 rings (SSSR count). The number of piperidine rings is 1. The Morgan fingerprint density at radius 1 is 1.06 bits per heavy atom. The number of carboxylic acids is 1. The van der Waals surface area contributed by atoms with Crippen LogP contribution < -0.4 is 11.1 Å². The zero-order valence-electron chi connectivity index (χ0n) is 19.7. The summed E-state index contributed by atoms with van der Waals surface area (Å²) < 4.78 is 5.01. The number of carboxylic acid groups (broad SMARTS) is 1. The molecule has 1 aromatic carbocycles. The zero-order valence-corrected chi connectivity index (χ0v) is 19.7. The number of amides is 1. The molecule has 4 N–H and O–H groups in total. The van der Waals surface area contributed by atoms with E-state index < -0.39 is 17.5 Å². The van der Waals surface area contributed by atoms with Crippen LogP contribution in [0.2, 0.25) is 0 Å². The topological polar surface area (TPSA) is 102 Å². The van der Waals surface area contributed by atoms with Crippen LogP contribution in [-0.4, -0.2) is 36.4 Å². The van der Waals surface area contributed by atoms with Gasteiger partial charge in [-0.2, -0.15) is 0 Å². The van der Waals surface area contributed by atoms with Crippen molar-refractivity contribution in [2.24, 2.45) is 27.9 Å². The predicted octanol–water partition coefficient (Wildman–Crippen LogP) is 4.47. The Kier molecular flexibility index (Phi) is 5.81. The van der Waals surface area contributed by atoms with E-state index in [2.05, 4.69) is 56.4 Å². The first kappa shape index (κ1) is 23.1. The second kappa shape index (κ2) is 8.05. The van der Waals surface area contributed by atoms with E-state index in [9.17, 15) is 14.7 Å². The minimum absolute atomic E-state index is 0.00667. The number of hydrogen-bond acceptors (Lipinski definition) is 4. The molecule has 1 aliphatic heterocycles. The summed E-state index contributed by atoms with van der Waals surface area (Å²) in [5, 5.41) is 13.1. The lowest BCUT2D eigenvalue weighted by atomic mass is 9.39. The standard InChI is InChI=1S/C18H22O2.C8H16N2O2/c1-16-7-13-8-17(10-16,14-5-3-2-4-6-14)12-18(9-13,11-16)15(19)20;1-8(2)5-10-4-3-6(8)12-7(9)11/h2-6,13H,7-12H2,1H3,(H,19,20);6,10H,3-5H2,1-2H3,(H2,9,11). The van der Waals surface area contributed by atoms with Crippen LogP contribution in [-0.2, 0) is 14.9 Å². The minimum Gasteiger partial charge on any atom is -0.481 e. The summed E-state index contributed by atoms with van der Waals surface area (Å²) in [5.74, 6) is 0.0562. The highest BCUT2D eigenvalue weighted by atomic mass is 16.6. The molecule has 1 amide bonds. The summed E-state index contributed by atoms with van der Waals surface area (Å²) in [7, 11) is 0. The van der Waals surface area contributed by atoms with Gasteiger partial charge >= 0.3 is 12.1 Å². The average molecular weight is 443 g/mol. The number of rotatable bonds is 3. The lowest BCUT2D eigenvalue weighted by molar-refractivity contribution is -0.176. The molecule has 1 aromatic rings. The second-order valence-corrected chi connectivity index (χ2v) is 11.9. The van der Waals surface area contributed by atoms with Crippen LogP contribution in [0.5, 0.6) is 0 Å². The van der Waals surface area contributed by atoms with Crippen LogP contribution >= 0.6 is 0 Å². The fourth-order valence-corrected chi connectivity index (χ4v) is 7.78. The quantitative estimate of drug-likeness (QED) is 0.641. The fraction of sp³-hybridized carbons (Fsp3) is 0.692. The molecule has 5 fully saturated rings. The van der Waals surface area contributed by atoms with Gasteiger partial charge in [-0.3, -0.25) is 4.79 Å². The van der Waals surface area contributed by atoms with Crippen molar-refractivity contribution >= 4 is 12.1 Å². The lowest BCUT2D eigenvalue weighted by Gasteiger charge is -2.64. The van der Waals surface area contributed by atoms with Gasteiger partial charge in [-0.25, -0.2) is 4.79 Å². The molecule has 5 atom stereocenters. The van der Waals surface area contributed by atoms with Gasteiger partial charge in [0.05, 0.1) is 5.41 Å². The van der Waals surface area contributed by atoms with E-state index in [0.29, 0.717) is 5.92 Å². The largest absolute Gasteiger partial charge is 0.481 e. The number of ether oxygens (including phenoxy) is 1. The lowest BCUT2D eigenvalue weighted by Crippen LogP contribution is -2.60. The van der Waals surface area contributed by atoms with Gasteiger partial charge in [-0.1, -0.05) is 51.1 Å². The van der Waals surface area contributed by atoms with Gasteiger partial charge in [-0.05, 0) is 73.8 Å². The number of primary amides is 1. The summed E-state index contributed by atoms with van der Waals surface area (Å²) in [5.41, 5.74) is 6.23. The molecule has 6 heteroatoms. The molecule has 1 saturated heterocycles. The smallest absolute Gasteiger partial charge is 0.404 e. The number of nitrogens with two attached hydrogens (primary N) is 1. The van der Waals surface area contributed by atoms with Crippen molar-refractivity contribution in [2.75, 3.05) is 13.1 Å². The van der Waals surface area contributed by atoms with Crippen LogP contribution in [0.3, 0.4) is 0 Å². The Balaban J connectivity index is 0.000000176. The molecule has 1 heterocycles. The van der Waals surface area contributed by atoms with Crippen molar-refractivity contribution in [3.8, 4) is 0 Å². The zero-order chi connectivity index (χ0) is 23.2. The van der Waals surface area contributed by atoms with Crippen molar-refractivity contribution in [1.29, 1.82) is 0 Å².